The van der Waals surface area contributed by atoms with Crippen molar-refractivity contribution in [1.29, 1.82) is 0 Å². The molecule has 2 aromatic rings. The number of pyridine rings is 1. The number of carbonyl (C=O) groups is 2. The minimum Gasteiger partial charge on any atom is -0.322 e. The molecular formula is C27H38N4O2. The number of fused-ring (bicyclic) bond motifs is 1. The first-order chi connectivity index (χ1) is 15.9. The fraction of sp³-hybridized carbons (Fsp3) is 0.519. The number of nitrogens with zero attached hydrogens (tertiary/aromatic N) is 3. The lowest BCUT2D eigenvalue weighted by Crippen LogP contribution is -2.33. The first kappa shape index (κ1) is 24.9. The second kappa shape index (κ2) is 12.5. The lowest BCUT2D eigenvalue weighted by atomic mass is 10.0. The molecule has 1 N–H and O–H groups in total. The van der Waals surface area contributed by atoms with Crippen molar-refractivity contribution in [1.82, 2.24) is 9.88 Å². The maximum absolute atomic E-state index is 13.0. The van der Waals surface area contributed by atoms with Gasteiger partial charge in [0.15, 0.2) is 0 Å². The molecule has 0 unspecified atom stereocenters. The molecular weight excluding hydrogens is 412 g/mol. The van der Waals surface area contributed by atoms with Gasteiger partial charge in [0.1, 0.15) is 0 Å². The molecule has 0 saturated carbocycles. The molecule has 33 heavy (non-hydrogen) atoms. The molecule has 0 aliphatic carbocycles. The molecule has 1 aromatic carbocycles. The van der Waals surface area contributed by atoms with Gasteiger partial charge in [-0.25, -0.2) is 0 Å². The Morgan fingerprint density at radius 1 is 1.00 bits per heavy atom. The van der Waals surface area contributed by atoms with Gasteiger partial charge in [-0.2, -0.15) is 0 Å². The van der Waals surface area contributed by atoms with Crippen LogP contribution >= 0.6 is 0 Å². The van der Waals surface area contributed by atoms with Crippen molar-refractivity contribution in [2.24, 2.45) is 5.92 Å². The van der Waals surface area contributed by atoms with Gasteiger partial charge in [0.25, 0.3) is 5.91 Å². The SMILES string of the molecule is CC(=O)N1CCCCCCCN(CCC(C)C)Cc2cc(C(=O)Nc3ccncc3)ccc21. The number of aromatic nitrogens is 1. The van der Waals surface area contributed by atoms with Crippen LogP contribution in [0, 0.1) is 5.92 Å². The van der Waals surface area contributed by atoms with Crippen LogP contribution in [0.25, 0.3) is 0 Å². The lowest BCUT2D eigenvalue weighted by Gasteiger charge is -2.29. The molecule has 3 rings (SSSR count). The van der Waals surface area contributed by atoms with Crippen LogP contribution in [0.2, 0.25) is 0 Å². The topological polar surface area (TPSA) is 65.5 Å². The second-order valence-electron chi connectivity index (χ2n) is 9.43. The highest BCUT2D eigenvalue weighted by molar-refractivity contribution is 6.05. The smallest absolute Gasteiger partial charge is 0.255 e. The van der Waals surface area contributed by atoms with Gasteiger partial charge >= 0.3 is 0 Å². The van der Waals surface area contributed by atoms with Crippen LogP contribution < -0.4 is 10.2 Å². The van der Waals surface area contributed by atoms with Gasteiger partial charge in [-0.05, 0) is 74.2 Å². The molecule has 178 valence electrons. The molecule has 1 aromatic heterocycles. The molecule has 2 amide bonds. The highest BCUT2D eigenvalue weighted by Gasteiger charge is 2.20. The average Bonchev–Trinajstić information content (AvgIpc) is 2.78. The summed E-state index contributed by atoms with van der Waals surface area (Å²) in [6, 6.07) is 9.30. The zero-order chi connectivity index (χ0) is 23.6. The second-order valence-corrected chi connectivity index (χ2v) is 9.43. The summed E-state index contributed by atoms with van der Waals surface area (Å²) in [6.07, 6.45) is 10.2. The molecule has 0 atom stereocenters. The van der Waals surface area contributed by atoms with Crippen LogP contribution in [0.15, 0.2) is 42.7 Å². The molecule has 6 nitrogen and oxygen atoms in total. The van der Waals surface area contributed by atoms with Crippen LogP contribution in [-0.4, -0.2) is 41.3 Å². The first-order valence-electron chi connectivity index (χ1n) is 12.3. The number of carbonyl (C=O) groups excluding carboxylic acids is 2. The number of amides is 2. The number of anilines is 2. The van der Waals surface area contributed by atoms with Crippen LogP contribution in [0.4, 0.5) is 11.4 Å². The molecule has 6 heteroatoms. The van der Waals surface area contributed by atoms with E-state index in [1.165, 1.54) is 19.3 Å². The van der Waals surface area contributed by atoms with Crippen LogP contribution in [0.3, 0.4) is 0 Å². The molecule has 0 fully saturated rings. The molecule has 0 saturated heterocycles. The normalized spacial score (nSPS) is 15.9. The number of rotatable bonds is 5. The highest BCUT2D eigenvalue weighted by Crippen LogP contribution is 2.27. The summed E-state index contributed by atoms with van der Waals surface area (Å²) in [4.78, 5) is 33.9. The Hall–Kier alpha value is -2.73. The zero-order valence-corrected chi connectivity index (χ0v) is 20.3. The fourth-order valence-electron chi connectivity index (χ4n) is 4.29. The minimum absolute atomic E-state index is 0.0519. The quantitative estimate of drug-likeness (QED) is 0.653. The van der Waals surface area contributed by atoms with E-state index in [4.69, 9.17) is 0 Å². The predicted molar refractivity (Wildman–Crippen MR) is 134 cm³/mol. The maximum Gasteiger partial charge on any atom is 0.255 e. The maximum atomic E-state index is 13.0. The lowest BCUT2D eigenvalue weighted by molar-refractivity contribution is -0.116. The van der Waals surface area contributed by atoms with Gasteiger partial charge in [0.05, 0.1) is 0 Å². The van der Waals surface area contributed by atoms with Crippen molar-refractivity contribution < 1.29 is 9.59 Å². The summed E-state index contributed by atoms with van der Waals surface area (Å²) in [5.41, 5.74) is 3.28. The summed E-state index contributed by atoms with van der Waals surface area (Å²) in [5.74, 6) is 0.534. The van der Waals surface area contributed by atoms with Crippen LogP contribution in [0.5, 0.6) is 0 Å². The standard InChI is InChI=1S/C27H38N4O2/c1-21(2)13-18-30-16-7-5-4-6-8-17-31(22(3)32)26-10-9-23(19-24(26)20-30)27(33)29-25-11-14-28-15-12-25/h9-12,14-15,19,21H,4-8,13,16-18,20H2,1-3H3,(H,28,29,33). The average molecular weight is 451 g/mol. The van der Waals surface area contributed by atoms with E-state index in [0.29, 0.717) is 17.2 Å². The van der Waals surface area contributed by atoms with Gasteiger partial charge in [-0.15, -0.1) is 0 Å². The van der Waals surface area contributed by atoms with Crippen molar-refractivity contribution in [3.05, 3.63) is 53.9 Å². The number of benzene rings is 1. The Labute approximate surface area is 198 Å². The first-order valence-corrected chi connectivity index (χ1v) is 12.3. The van der Waals surface area contributed by atoms with Crippen molar-refractivity contribution in [3.63, 3.8) is 0 Å². The Morgan fingerprint density at radius 2 is 1.70 bits per heavy atom. The summed E-state index contributed by atoms with van der Waals surface area (Å²) in [7, 11) is 0. The van der Waals surface area contributed by atoms with Gasteiger partial charge < -0.3 is 10.2 Å². The minimum atomic E-state index is -0.154. The summed E-state index contributed by atoms with van der Waals surface area (Å²) in [6.45, 7) is 9.66. The Kier molecular flexibility index (Phi) is 9.43. The highest BCUT2D eigenvalue weighted by atomic mass is 16.2. The summed E-state index contributed by atoms with van der Waals surface area (Å²) in [5, 5.41) is 2.95. The molecule has 0 radical (unpaired) electrons. The van der Waals surface area contributed by atoms with E-state index < -0.39 is 0 Å². The van der Waals surface area contributed by atoms with Crippen molar-refractivity contribution >= 4 is 23.2 Å². The van der Waals surface area contributed by atoms with E-state index in [0.717, 1.165) is 56.7 Å². The third kappa shape index (κ3) is 7.67. The van der Waals surface area contributed by atoms with Crippen molar-refractivity contribution in [2.75, 3.05) is 29.9 Å². The monoisotopic (exact) mass is 450 g/mol. The van der Waals surface area contributed by atoms with Gasteiger partial charge in [-0.1, -0.05) is 33.1 Å². The predicted octanol–water partition coefficient (Wildman–Crippen LogP) is 5.50. The third-order valence-electron chi connectivity index (χ3n) is 6.22. The Bertz CT molecular complexity index is 914. The molecule has 1 aliphatic rings. The number of hydrogen-bond donors (Lipinski definition) is 1. The van der Waals surface area contributed by atoms with E-state index in [9.17, 15) is 9.59 Å². The largest absolute Gasteiger partial charge is 0.322 e. The summed E-state index contributed by atoms with van der Waals surface area (Å²) >= 11 is 0. The fourth-order valence-corrected chi connectivity index (χ4v) is 4.29. The summed E-state index contributed by atoms with van der Waals surface area (Å²) < 4.78 is 0. The van der Waals surface area contributed by atoms with E-state index >= 15 is 0 Å². The van der Waals surface area contributed by atoms with E-state index in [1.807, 2.05) is 23.1 Å². The molecule has 0 spiro atoms. The molecule has 1 aliphatic heterocycles. The Morgan fingerprint density at radius 3 is 2.39 bits per heavy atom. The van der Waals surface area contributed by atoms with Gasteiger partial charge in [0, 0.05) is 49.3 Å². The third-order valence-corrected chi connectivity index (χ3v) is 6.22. The van der Waals surface area contributed by atoms with Crippen molar-refractivity contribution in [3.8, 4) is 0 Å². The molecule has 2 heterocycles. The van der Waals surface area contributed by atoms with Crippen LogP contribution in [0.1, 0.15) is 75.2 Å². The zero-order valence-electron chi connectivity index (χ0n) is 20.3. The van der Waals surface area contributed by atoms with E-state index in [2.05, 4.69) is 29.0 Å². The van der Waals surface area contributed by atoms with E-state index in [1.54, 1.807) is 31.5 Å². The number of hydrogen-bond acceptors (Lipinski definition) is 4. The molecule has 0 bridgehead atoms. The van der Waals surface area contributed by atoms with Gasteiger partial charge in [-0.3, -0.25) is 19.5 Å². The number of nitrogens with one attached hydrogen (secondary N) is 1. The van der Waals surface area contributed by atoms with Crippen LogP contribution in [-0.2, 0) is 11.3 Å². The van der Waals surface area contributed by atoms with Gasteiger partial charge in [0.2, 0.25) is 5.91 Å². The van der Waals surface area contributed by atoms with E-state index in [-0.39, 0.29) is 11.8 Å². The Balaban J connectivity index is 1.93. The van der Waals surface area contributed by atoms with Crippen molar-refractivity contribution in [2.45, 2.75) is 65.8 Å².